The third-order valence-corrected chi connectivity index (χ3v) is 4.86. The first-order valence-electron chi connectivity index (χ1n) is 10.6. The first-order chi connectivity index (χ1) is 17.6. The smallest absolute Gasteiger partial charge is 0.475 e. The monoisotopic (exact) mass is 549 g/mol. The van der Waals surface area contributed by atoms with Gasteiger partial charge in [0.05, 0.1) is 0 Å². The number of piperazine rings is 1. The van der Waals surface area contributed by atoms with Crippen molar-refractivity contribution in [3.8, 4) is 0 Å². The molecule has 16 heteroatoms. The third kappa shape index (κ3) is 8.63. The standard InChI is InChI=1S/C18H19N5O.2C2HF3O2/c1-14-5-7-23-13-15(20-17(23)12-14)18(24)22-10-8-21(9-11-22)16-4-2-3-6-19-16;2*3-2(4,5)1(6)7/h2-7,12-13H,8-11H2,1H3;2*(H,6,7). The number of rotatable bonds is 2. The van der Waals surface area contributed by atoms with E-state index >= 15 is 0 Å². The average molecular weight is 549 g/mol. The second-order valence-corrected chi connectivity index (χ2v) is 7.67. The van der Waals surface area contributed by atoms with Crippen molar-refractivity contribution in [1.29, 1.82) is 0 Å². The lowest BCUT2D eigenvalue weighted by Crippen LogP contribution is -2.49. The number of hydrogen-bond donors (Lipinski definition) is 2. The molecule has 4 rings (SSSR count). The minimum atomic E-state index is -5.08. The fourth-order valence-electron chi connectivity index (χ4n) is 3.03. The van der Waals surface area contributed by atoms with Crippen LogP contribution in [0.3, 0.4) is 0 Å². The molecule has 1 fully saturated rings. The number of pyridine rings is 2. The highest BCUT2D eigenvalue weighted by Gasteiger charge is 2.38. The summed E-state index contributed by atoms with van der Waals surface area (Å²) in [5.41, 5.74) is 2.45. The Morgan fingerprint density at radius 3 is 1.92 bits per heavy atom. The van der Waals surface area contributed by atoms with Crippen LogP contribution >= 0.6 is 0 Å². The zero-order chi connectivity index (χ0) is 28.7. The lowest BCUT2D eigenvalue weighted by Gasteiger charge is -2.35. The molecule has 3 aromatic rings. The summed E-state index contributed by atoms with van der Waals surface area (Å²) in [4.78, 5) is 43.4. The Morgan fingerprint density at radius 2 is 1.45 bits per heavy atom. The van der Waals surface area contributed by atoms with Crippen molar-refractivity contribution in [2.45, 2.75) is 19.3 Å². The largest absolute Gasteiger partial charge is 0.490 e. The van der Waals surface area contributed by atoms with Gasteiger partial charge >= 0.3 is 24.3 Å². The summed E-state index contributed by atoms with van der Waals surface area (Å²) in [7, 11) is 0. The van der Waals surface area contributed by atoms with E-state index < -0.39 is 24.3 Å². The number of aromatic nitrogens is 3. The Bertz CT molecular complexity index is 1230. The number of carboxylic acids is 2. The maximum Gasteiger partial charge on any atom is 0.490 e. The quantitative estimate of drug-likeness (QED) is 0.467. The van der Waals surface area contributed by atoms with Crippen molar-refractivity contribution in [3.63, 3.8) is 0 Å². The van der Waals surface area contributed by atoms with E-state index in [1.807, 2.05) is 58.9 Å². The van der Waals surface area contributed by atoms with Crippen LogP contribution < -0.4 is 4.90 Å². The molecule has 10 nitrogen and oxygen atoms in total. The molecule has 0 bridgehead atoms. The van der Waals surface area contributed by atoms with Crippen LogP contribution in [0.4, 0.5) is 32.2 Å². The van der Waals surface area contributed by atoms with Gasteiger partial charge in [-0.2, -0.15) is 26.3 Å². The molecule has 0 radical (unpaired) electrons. The van der Waals surface area contributed by atoms with Gasteiger partial charge in [0.15, 0.2) is 0 Å². The highest BCUT2D eigenvalue weighted by atomic mass is 19.4. The molecule has 0 saturated carbocycles. The van der Waals surface area contributed by atoms with Crippen molar-refractivity contribution in [2.75, 3.05) is 31.1 Å². The average Bonchev–Trinajstić information content (AvgIpc) is 3.27. The van der Waals surface area contributed by atoms with E-state index in [4.69, 9.17) is 19.8 Å². The number of carbonyl (C=O) groups excluding carboxylic acids is 1. The number of alkyl halides is 6. The Kier molecular flexibility index (Phi) is 9.62. The lowest BCUT2D eigenvalue weighted by molar-refractivity contribution is -0.193. The summed E-state index contributed by atoms with van der Waals surface area (Å²) in [5.74, 6) is -4.55. The Hall–Kier alpha value is -4.37. The van der Waals surface area contributed by atoms with Gasteiger partial charge in [-0.3, -0.25) is 4.79 Å². The molecule has 1 amide bonds. The molecule has 0 spiro atoms. The first-order valence-corrected chi connectivity index (χ1v) is 10.6. The molecule has 38 heavy (non-hydrogen) atoms. The molecule has 1 saturated heterocycles. The van der Waals surface area contributed by atoms with Crippen LogP contribution in [-0.2, 0) is 9.59 Å². The second kappa shape index (κ2) is 12.2. The van der Waals surface area contributed by atoms with Crippen LogP contribution in [0.25, 0.3) is 5.65 Å². The number of imidazole rings is 1. The van der Waals surface area contributed by atoms with Crippen LogP contribution in [0.15, 0.2) is 48.9 Å². The molecule has 0 atom stereocenters. The SMILES string of the molecule is Cc1ccn2cc(C(=O)N3CCN(c4ccccn4)CC3)nc2c1.O=C(O)C(F)(F)F.O=C(O)C(F)(F)F. The Labute approximate surface area is 210 Å². The molecular weight excluding hydrogens is 528 g/mol. The molecule has 0 unspecified atom stereocenters. The second-order valence-electron chi connectivity index (χ2n) is 7.67. The number of amides is 1. The van der Waals surface area contributed by atoms with Gasteiger partial charge in [-0.05, 0) is 36.8 Å². The number of carbonyl (C=O) groups is 3. The van der Waals surface area contributed by atoms with Crippen molar-refractivity contribution >= 4 is 29.3 Å². The van der Waals surface area contributed by atoms with E-state index in [1.54, 1.807) is 6.20 Å². The zero-order valence-corrected chi connectivity index (χ0v) is 19.6. The topological polar surface area (TPSA) is 128 Å². The molecule has 1 aliphatic rings. The third-order valence-electron chi connectivity index (χ3n) is 4.86. The van der Waals surface area contributed by atoms with Crippen molar-refractivity contribution in [2.24, 2.45) is 0 Å². The van der Waals surface area contributed by atoms with Gasteiger partial charge in [-0.25, -0.2) is 19.6 Å². The number of anilines is 1. The molecule has 0 aromatic carbocycles. The van der Waals surface area contributed by atoms with E-state index in [0.29, 0.717) is 18.8 Å². The van der Waals surface area contributed by atoms with E-state index in [2.05, 4.69) is 14.9 Å². The predicted molar refractivity (Wildman–Crippen MR) is 120 cm³/mol. The highest BCUT2D eigenvalue weighted by Crippen LogP contribution is 2.16. The predicted octanol–water partition coefficient (Wildman–Crippen LogP) is 3.27. The van der Waals surface area contributed by atoms with Crippen LogP contribution in [-0.4, -0.2) is 85.9 Å². The van der Waals surface area contributed by atoms with Gasteiger partial charge in [0.25, 0.3) is 5.91 Å². The Morgan fingerprint density at radius 1 is 0.895 bits per heavy atom. The number of hydrogen-bond acceptors (Lipinski definition) is 6. The van der Waals surface area contributed by atoms with Gasteiger partial charge in [-0.1, -0.05) is 6.07 Å². The van der Waals surface area contributed by atoms with E-state index in [-0.39, 0.29) is 5.91 Å². The summed E-state index contributed by atoms with van der Waals surface area (Å²) in [6.07, 6.45) is -4.62. The van der Waals surface area contributed by atoms with Crippen LogP contribution in [0, 0.1) is 6.92 Å². The summed E-state index contributed by atoms with van der Waals surface area (Å²) in [6.45, 7) is 4.96. The minimum Gasteiger partial charge on any atom is -0.475 e. The fraction of sp³-hybridized carbons (Fsp3) is 0.318. The molecule has 1 aliphatic heterocycles. The summed E-state index contributed by atoms with van der Waals surface area (Å²) in [6, 6.07) is 9.89. The van der Waals surface area contributed by atoms with Crippen molar-refractivity contribution in [3.05, 3.63) is 60.2 Å². The van der Waals surface area contributed by atoms with Crippen LogP contribution in [0.2, 0.25) is 0 Å². The van der Waals surface area contributed by atoms with Gasteiger partial charge < -0.3 is 24.4 Å². The van der Waals surface area contributed by atoms with Gasteiger partial charge in [0, 0.05) is 44.8 Å². The van der Waals surface area contributed by atoms with Gasteiger partial charge in [0.2, 0.25) is 0 Å². The number of nitrogens with zero attached hydrogens (tertiary/aromatic N) is 5. The maximum absolute atomic E-state index is 12.7. The maximum atomic E-state index is 12.7. The number of fused-ring (bicyclic) bond motifs is 1. The van der Waals surface area contributed by atoms with Crippen LogP contribution in [0.1, 0.15) is 16.1 Å². The fourth-order valence-corrected chi connectivity index (χ4v) is 3.03. The molecule has 0 aliphatic carbocycles. The van der Waals surface area contributed by atoms with E-state index in [9.17, 15) is 31.1 Å². The van der Waals surface area contributed by atoms with E-state index in [1.165, 1.54) is 0 Å². The first kappa shape index (κ1) is 29.9. The normalized spacial score (nSPS) is 13.7. The molecule has 206 valence electrons. The number of aryl methyl sites for hydroxylation is 1. The molecule has 2 N–H and O–H groups in total. The molecule has 3 aromatic heterocycles. The number of carboxylic acid groups (broad SMARTS) is 2. The van der Waals surface area contributed by atoms with E-state index in [0.717, 1.165) is 30.1 Å². The number of halogens is 6. The van der Waals surface area contributed by atoms with Crippen molar-refractivity contribution in [1.82, 2.24) is 19.3 Å². The van der Waals surface area contributed by atoms with Crippen molar-refractivity contribution < 1.29 is 50.9 Å². The lowest BCUT2D eigenvalue weighted by atomic mass is 10.2. The van der Waals surface area contributed by atoms with Crippen LogP contribution in [0.5, 0.6) is 0 Å². The summed E-state index contributed by atoms with van der Waals surface area (Å²) in [5, 5.41) is 14.2. The number of aliphatic carboxylic acids is 2. The molecule has 4 heterocycles. The zero-order valence-electron chi connectivity index (χ0n) is 19.6. The molecular formula is C22H21F6N5O5. The summed E-state index contributed by atoms with van der Waals surface area (Å²) >= 11 is 0. The van der Waals surface area contributed by atoms with Gasteiger partial charge in [-0.15, -0.1) is 0 Å². The Balaban J connectivity index is 0.000000301. The minimum absolute atomic E-state index is 0.00276. The highest BCUT2D eigenvalue weighted by molar-refractivity contribution is 5.93. The van der Waals surface area contributed by atoms with Gasteiger partial charge in [0.1, 0.15) is 17.2 Å². The summed E-state index contributed by atoms with van der Waals surface area (Å²) < 4.78 is 65.4.